The fourth-order valence-electron chi connectivity index (χ4n) is 4.15. The first-order valence-corrected chi connectivity index (χ1v) is 12.1. The summed E-state index contributed by atoms with van der Waals surface area (Å²) in [5, 5.41) is 5.15. The van der Waals surface area contributed by atoms with E-state index in [-0.39, 0.29) is 18.9 Å². The number of hydrogen-bond donors (Lipinski definition) is 1. The quantitative estimate of drug-likeness (QED) is 0.490. The molecule has 4 rings (SSSR count). The van der Waals surface area contributed by atoms with Crippen LogP contribution in [0.25, 0.3) is 0 Å². The molecule has 2 aromatic carbocycles. The van der Waals surface area contributed by atoms with Gasteiger partial charge in [-0.1, -0.05) is 61.2 Å². The van der Waals surface area contributed by atoms with Gasteiger partial charge in [0.05, 0.1) is 36.4 Å². The number of aliphatic imine (C=N–C) groups is 1. The van der Waals surface area contributed by atoms with Crippen LogP contribution in [0.3, 0.4) is 0 Å². The Bertz CT molecular complexity index is 1260. The van der Waals surface area contributed by atoms with Crippen LogP contribution in [0.2, 0.25) is 0 Å². The van der Waals surface area contributed by atoms with Crippen molar-refractivity contribution in [2.24, 2.45) is 4.99 Å². The van der Waals surface area contributed by atoms with Gasteiger partial charge in [-0.15, -0.1) is 0 Å². The smallest absolute Gasteiger partial charge is 0.416 e. The first-order chi connectivity index (χ1) is 17.2. The van der Waals surface area contributed by atoms with Crippen LogP contribution in [0, 0.1) is 0 Å². The van der Waals surface area contributed by atoms with Gasteiger partial charge in [-0.3, -0.25) is 4.79 Å². The maximum Gasteiger partial charge on any atom is 0.416 e. The Morgan fingerprint density at radius 1 is 1.14 bits per heavy atom. The minimum absolute atomic E-state index is 0.0375. The van der Waals surface area contributed by atoms with Gasteiger partial charge in [-0.05, 0) is 35.1 Å². The number of halogens is 3. The Kier molecular flexibility index (Phi) is 7.53. The molecule has 2 aliphatic rings. The minimum atomic E-state index is -4.45. The highest BCUT2D eigenvalue weighted by atomic mass is 32.2. The van der Waals surface area contributed by atoms with Crippen molar-refractivity contribution in [1.82, 2.24) is 10.2 Å². The Balaban J connectivity index is 1.56. The lowest BCUT2D eigenvalue weighted by atomic mass is 9.93. The lowest BCUT2D eigenvalue weighted by molar-refractivity contribution is -0.138. The number of methoxy groups -OCH3 is 1. The van der Waals surface area contributed by atoms with Crippen molar-refractivity contribution >= 4 is 28.8 Å². The monoisotopic (exact) mass is 515 g/mol. The molecule has 0 aliphatic carbocycles. The third kappa shape index (κ3) is 5.33. The highest BCUT2D eigenvalue weighted by molar-refractivity contribution is 8.16. The molecule has 0 fully saturated rings. The van der Waals surface area contributed by atoms with E-state index in [9.17, 15) is 22.8 Å². The van der Waals surface area contributed by atoms with Gasteiger partial charge in [0.1, 0.15) is 0 Å². The van der Waals surface area contributed by atoms with Crippen LogP contribution in [-0.4, -0.2) is 29.1 Å². The molecule has 6 nitrogen and oxygen atoms in total. The summed E-state index contributed by atoms with van der Waals surface area (Å²) >= 11 is 1.36. The van der Waals surface area contributed by atoms with Crippen LogP contribution >= 0.6 is 11.8 Å². The summed E-state index contributed by atoms with van der Waals surface area (Å²) < 4.78 is 44.0. The van der Waals surface area contributed by atoms with E-state index in [4.69, 9.17) is 4.74 Å². The summed E-state index contributed by atoms with van der Waals surface area (Å²) in [6, 6.07) is 13.7. The van der Waals surface area contributed by atoms with E-state index < -0.39 is 23.8 Å². The number of nitrogens with zero attached hydrogens (tertiary/aromatic N) is 2. The third-order valence-electron chi connectivity index (χ3n) is 5.83. The van der Waals surface area contributed by atoms with E-state index in [1.54, 1.807) is 0 Å². The highest BCUT2D eigenvalue weighted by Gasteiger charge is 2.41. The molecule has 36 heavy (non-hydrogen) atoms. The summed E-state index contributed by atoms with van der Waals surface area (Å²) in [7, 11) is 1.32. The van der Waals surface area contributed by atoms with Crippen LogP contribution in [0.5, 0.6) is 0 Å². The highest BCUT2D eigenvalue weighted by Crippen LogP contribution is 2.45. The Hall–Kier alpha value is -3.53. The van der Waals surface area contributed by atoms with Crippen molar-refractivity contribution in [2.75, 3.05) is 7.11 Å². The van der Waals surface area contributed by atoms with E-state index in [1.165, 1.54) is 31.0 Å². The van der Waals surface area contributed by atoms with E-state index in [0.29, 0.717) is 34.1 Å². The van der Waals surface area contributed by atoms with Crippen molar-refractivity contribution in [3.05, 3.63) is 93.7 Å². The second-order valence-corrected chi connectivity index (χ2v) is 9.00. The first kappa shape index (κ1) is 25.6. The van der Waals surface area contributed by atoms with E-state index in [2.05, 4.69) is 10.3 Å². The summed E-state index contributed by atoms with van der Waals surface area (Å²) in [6.45, 7) is 1.87. The average Bonchev–Trinajstić information content (AvgIpc) is 3.28. The Labute approximate surface area is 210 Å². The van der Waals surface area contributed by atoms with E-state index >= 15 is 0 Å². The number of carbonyl (C=O) groups is 2. The van der Waals surface area contributed by atoms with Gasteiger partial charge < -0.3 is 15.0 Å². The van der Waals surface area contributed by atoms with Gasteiger partial charge >= 0.3 is 12.1 Å². The second kappa shape index (κ2) is 10.6. The number of carbonyl (C=O) groups excluding carboxylic acids is 2. The zero-order chi connectivity index (χ0) is 25.9. The molecule has 1 amide bonds. The van der Waals surface area contributed by atoms with E-state index in [0.717, 1.165) is 17.7 Å². The van der Waals surface area contributed by atoms with Crippen LogP contribution < -0.4 is 5.32 Å². The normalized spacial score (nSPS) is 17.4. The second-order valence-electron chi connectivity index (χ2n) is 8.16. The molecular weight excluding hydrogens is 491 g/mol. The molecular formula is C26H24F3N3O3S. The molecule has 0 saturated heterocycles. The van der Waals surface area contributed by atoms with Crippen LogP contribution in [0.15, 0.2) is 82.0 Å². The number of thioether (sulfide) groups is 1. The van der Waals surface area contributed by atoms with E-state index in [1.807, 2.05) is 47.6 Å². The number of benzene rings is 2. The first-order valence-electron chi connectivity index (χ1n) is 11.3. The number of rotatable bonds is 7. The SMILES string of the molecule is CCC1=C(C(=O)OC)[C@H](c2ccccc2)N2C(CC(=O)NCc3cccc(C(F)(F)F)c3)=CSC2=N1. The lowest BCUT2D eigenvalue weighted by Crippen LogP contribution is -2.38. The summed E-state index contributed by atoms with van der Waals surface area (Å²) in [6.07, 6.45) is -3.97. The molecule has 0 unspecified atom stereocenters. The fraction of sp³-hybridized carbons (Fsp3) is 0.269. The largest absolute Gasteiger partial charge is 0.466 e. The van der Waals surface area contributed by atoms with Crippen molar-refractivity contribution in [3.8, 4) is 0 Å². The number of nitrogens with one attached hydrogen (secondary N) is 1. The predicted molar refractivity (Wildman–Crippen MR) is 131 cm³/mol. The third-order valence-corrected chi connectivity index (χ3v) is 6.72. The number of allylic oxidation sites excluding steroid dienone is 1. The number of esters is 1. The average molecular weight is 516 g/mol. The molecule has 10 heteroatoms. The molecule has 2 heterocycles. The number of hydrogen-bond acceptors (Lipinski definition) is 6. The minimum Gasteiger partial charge on any atom is -0.466 e. The fourth-order valence-corrected chi connectivity index (χ4v) is 5.09. The number of fused-ring (bicyclic) bond motifs is 1. The Morgan fingerprint density at radius 3 is 2.56 bits per heavy atom. The molecule has 0 spiro atoms. The summed E-state index contributed by atoms with van der Waals surface area (Å²) in [4.78, 5) is 32.2. The van der Waals surface area contributed by atoms with Crippen molar-refractivity contribution < 1.29 is 27.5 Å². The molecule has 0 saturated carbocycles. The molecule has 1 atom stereocenters. The molecule has 0 bridgehead atoms. The van der Waals surface area contributed by atoms with Crippen molar-refractivity contribution in [1.29, 1.82) is 0 Å². The maximum absolute atomic E-state index is 13.0. The number of amides is 1. The van der Waals surface area contributed by atoms with Gasteiger partial charge in [-0.25, -0.2) is 9.79 Å². The van der Waals surface area contributed by atoms with Gasteiger partial charge in [0.25, 0.3) is 0 Å². The summed E-state index contributed by atoms with van der Waals surface area (Å²) in [5.74, 6) is -0.856. The molecule has 2 aliphatic heterocycles. The van der Waals surface area contributed by atoms with Gasteiger partial charge in [0.15, 0.2) is 5.17 Å². The van der Waals surface area contributed by atoms with Gasteiger partial charge in [-0.2, -0.15) is 13.2 Å². The summed E-state index contributed by atoms with van der Waals surface area (Å²) in [5.41, 5.74) is 2.09. The molecule has 0 radical (unpaired) electrons. The predicted octanol–water partition coefficient (Wildman–Crippen LogP) is 5.55. The van der Waals surface area contributed by atoms with Crippen molar-refractivity contribution in [2.45, 2.75) is 38.5 Å². The van der Waals surface area contributed by atoms with Crippen LogP contribution in [0.1, 0.15) is 42.5 Å². The molecule has 1 N–H and O–H groups in total. The van der Waals surface area contributed by atoms with Gasteiger partial charge in [0, 0.05) is 12.2 Å². The molecule has 2 aromatic rings. The topological polar surface area (TPSA) is 71.0 Å². The number of ether oxygens (including phenoxy) is 1. The number of alkyl halides is 3. The van der Waals surface area contributed by atoms with Crippen molar-refractivity contribution in [3.63, 3.8) is 0 Å². The zero-order valence-electron chi connectivity index (χ0n) is 19.6. The zero-order valence-corrected chi connectivity index (χ0v) is 20.4. The lowest BCUT2D eigenvalue weighted by Gasteiger charge is -2.36. The van der Waals surface area contributed by atoms with Crippen LogP contribution in [-0.2, 0) is 27.0 Å². The van der Waals surface area contributed by atoms with Gasteiger partial charge in [0.2, 0.25) is 5.91 Å². The number of amidine groups is 1. The standard InChI is InChI=1S/C26H24F3N3O3S/c1-3-20-22(24(34)35-2)23(17-9-5-4-6-10-17)32-19(15-36-25(32)31-20)13-21(33)30-14-16-8-7-11-18(12-16)26(27,28)29/h4-12,15,23H,3,13-14H2,1-2H3,(H,30,33)/t23-/m0/s1. The maximum atomic E-state index is 13.0. The molecule has 188 valence electrons. The Morgan fingerprint density at radius 2 is 1.89 bits per heavy atom. The van der Waals surface area contributed by atoms with Crippen LogP contribution in [0.4, 0.5) is 13.2 Å². The molecule has 0 aromatic heterocycles.